The summed E-state index contributed by atoms with van der Waals surface area (Å²) in [5, 5.41) is 15.2. The van der Waals surface area contributed by atoms with Crippen LogP contribution in [0.3, 0.4) is 0 Å². The van der Waals surface area contributed by atoms with E-state index in [0.29, 0.717) is 59.6 Å². The van der Waals surface area contributed by atoms with Crippen LogP contribution in [0.15, 0.2) is 127 Å². The Labute approximate surface area is 529 Å². The number of fused-ring (bicyclic) bond motifs is 6. The smallest absolute Gasteiger partial charge is 0.416 e. The summed E-state index contributed by atoms with van der Waals surface area (Å²) < 4.78 is 24.6. The molecule has 1 aromatic heterocycles. The molecule has 0 saturated heterocycles. The van der Waals surface area contributed by atoms with Gasteiger partial charge in [0.2, 0.25) is 5.91 Å². The molecule has 11 rings (SSSR count). The lowest BCUT2D eigenvalue weighted by atomic mass is 9.88. The van der Waals surface area contributed by atoms with Gasteiger partial charge in [-0.25, -0.2) is 9.69 Å². The zero-order valence-corrected chi connectivity index (χ0v) is 52.0. The Kier molecular flexibility index (Phi) is 19.2. The molecule has 1 unspecified atom stereocenters. The number of hydrogen-bond donors (Lipinski definition) is 2. The van der Waals surface area contributed by atoms with Gasteiger partial charge in [0.25, 0.3) is 23.6 Å². The molecule has 19 heteroatoms. The van der Waals surface area contributed by atoms with E-state index in [-0.39, 0.29) is 128 Å². The number of benzene rings is 5. The topological polar surface area (TPSA) is 232 Å². The zero-order valence-electron chi connectivity index (χ0n) is 52.0. The summed E-state index contributed by atoms with van der Waals surface area (Å²) >= 11 is 0. The van der Waals surface area contributed by atoms with Crippen LogP contribution in [0, 0.1) is 18.8 Å². The van der Waals surface area contributed by atoms with Crippen molar-refractivity contribution in [2.75, 3.05) is 18.6 Å². The molecule has 6 aromatic rings. The van der Waals surface area contributed by atoms with Gasteiger partial charge in [-0.15, -0.1) is 0 Å². The molecule has 91 heavy (non-hydrogen) atoms. The fraction of sp³-hybridized carbons (Fsp3) is 0.375. The number of pyridine rings is 1. The Bertz CT molecular complexity index is 3820. The van der Waals surface area contributed by atoms with E-state index in [4.69, 9.17) is 23.9 Å². The summed E-state index contributed by atoms with van der Waals surface area (Å²) in [5.74, 6) is -1.54. The number of nitrogens with one attached hydrogen (secondary N) is 1. The number of aliphatic hydroxyl groups is 1. The SMILES string of the molecule is COc1cc2c(cc1OCc1cccc(COc3cc4c(cc3C)C(=O)N3Cc5ccccc5C[C@H]3CC4)n1)N(C(=O)OCc1ccc(CC(=O)[C@H](C)NC(=O)[C@@H](CC(=O)CCCCCN3C(=O)C=CC3=O)C(C)C)cc1)C(O)[C@@H]1Cc3ccccc3CN1C2=O. The highest BCUT2D eigenvalue weighted by molar-refractivity contribution is 6.13. The van der Waals surface area contributed by atoms with Gasteiger partial charge in [0.15, 0.2) is 23.5 Å². The summed E-state index contributed by atoms with van der Waals surface area (Å²) in [7, 11) is 1.45. The fourth-order valence-corrected chi connectivity index (χ4v) is 12.9. The van der Waals surface area contributed by atoms with Gasteiger partial charge in [-0.2, -0.15) is 0 Å². The van der Waals surface area contributed by atoms with Crippen LogP contribution in [0.25, 0.3) is 0 Å². The third-order valence-corrected chi connectivity index (χ3v) is 18.2. The average molecular weight is 1230 g/mol. The molecule has 0 saturated carbocycles. The van der Waals surface area contributed by atoms with Crippen molar-refractivity contribution in [3.05, 3.63) is 194 Å². The monoisotopic (exact) mass is 1230 g/mol. The maximum absolute atomic E-state index is 14.8. The number of aryl methyl sites for hydroxylation is 2. The number of hydrogen-bond acceptors (Lipinski definition) is 14. The number of methoxy groups -OCH3 is 1. The molecule has 5 aromatic carbocycles. The van der Waals surface area contributed by atoms with E-state index in [9.17, 15) is 43.5 Å². The molecule has 0 bridgehead atoms. The lowest BCUT2D eigenvalue weighted by Crippen LogP contribution is -2.55. The van der Waals surface area contributed by atoms with Crippen molar-refractivity contribution < 1.29 is 62.4 Å². The van der Waals surface area contributed by atoms with Crippen LogP contribution >= 0.6 is 0 Å². The van der Waals surface area contributed by atoms with Gasteiger partial charge < -0.3 is 39.2 Å². The van der Waals surface area contributed by atoms with Crippen molar-refractivity contribution in [3.8, 4) is 17.2 Å². The quantitative estimate of drug-likeness (QED) is 0.0450. The highest BCUT2D eigenvalue weighted by Crippen LogP contribution is 2.42. The predicted octanol–water partition coefficient (Wildman–Crippen LogP) is 9.45. The minimum Gasteiger partial charge on any atom is -0.493 e. The Morgan fingerprint density at radius 1 is 0.670 bits per heavy atom. The molecule has 5 atom stereocenters. The molecular weight excluding hydrogens is 1160 g/mol. The number of ketones is 2. The van der Waals surface area contributed by atoms with E-state index in [1.807, 2.05) is 80.3 Å². The van der Waals surface area contributed by atoms with E-state index in [0.717, 1.165) is 46.4 Å². The Balaban J connectivity index is 0.725. The maximum atomic E-state index is 14.8. The van der Waals surface area contributed by atoms with Gasteiger partial charge in [-0.3, -0.25) is 43.4 Å². The molecule has 0 radical (unpaired) electrons. The van der Waals surface area contributed by atoms with Crippen LogP contribution in [0.1, 0.15) is 136 Å². The number of anilines is 1. The molecule has 2 N–H and O–H groups in total. The highest BCUT2D eigenvalue weighted by atomic mass is 16.6. The molecule has 0 fully saturated rings. The Morgan fingerprint density at radius 2 is 1.31 bits per heavy atom. The van der Waals surface area contributed by atoms with Crippen molar-refractivity contribution in [2.45, 2.75) is 149 Å². The molecule has 472 valence electrons. The second-order valence-corrected chi connectivity index (χ2v) is 24.7. The highest BCUT2D eigenvalue weighted by Gasteiger charge is 2.46. The first-order valence-electron chi connectivity index (χ1n) is 31.3. The van der Waals surface area contributed by atoms with Crippen molar-refractivity contribution in [2.24, 2.45) is 11.8 Å². The summed E-state index contributed by atoms with van der Waals surface area (Å²) in [6.07, 6.45) is 4.72. The number of rotatable bonds is 23. The van der Waals surface area contributed by atoms with Crippen LogP contribution in [-0.4, -0.2) is 110 Å². The molecule has 6 heterocycles. The molecule has 5 aliphatic rings. The summed E-state index contributed by atoms with van der Waals surface area (Å²) in [6, 6.07) is 33.8. The number of carbonyl (C=O) groups excluding carboxylic acids is 8. The van der Waals surface area contributed by atoms with Crippen LogP contribution in [0.4, 0.5) is 10.5 Å². The lowest BCUT2D eigenvalue weighted by molar-refractivity contribution is -0.137. The third-order valence-electron chi connectivity index (χ3n) is 18.2. The molecule has 0 spiro atoms. The van der Waals surface area contributed by atoms with E-state index >= 15 is 0 Å². The molecule has 0 aliphatic carbocycles. The van der Waals surface area contributed by atoms with Crippen LogP contribution in [0.2, 0.25) is 0 Å². The van der Waals surface area contributed by atoms with Gasteiger partial charge in [0, 0.05) is 74.6 Å². The number of amides is 6. The normalized spacial score (nSPS) is 18.0. The predicted molar refractivity (Wildman–Crippen MR) is 337 cm³/mol. The molecule has 5 aliphatic heterocycles. The number of aliphatic hydroxyl groups excluding tert-OH is 1. The van der Waals surface area contributed by atoms with E-state index in [1.165, 1.54) is 47.4 Å². The van der Waals surface area contributed by atoms with Gasteiger partial charge in [-0.1, -0.05) is 99.1 Å². The summed E-state index contributed by atoms with van der Waals surface area (Å²) in [5.41, 5.74) is 9.38. The third kappa shape index (κ3) is 14.1. The second-order valence-electron chi connectivity index (χ2n) is 24.7. The molecular formula is C72H76N6O13. The standard InChI is InChI=1S/C72H76N6O13/c1-43(2)57(35-56(79)20-7-6-12-29-75-66(81)27-28-67(75)82)68(83)73-45(4)62(80)31-46-21-23-47(24-22-46)40-91-72(87)78-60-37-65(64(88-5)36-59(60)70(85)77-39-52-17-11-9-15-49(52)33-61(77)71(78)86)90-42-54-19-13-18-53(74-54)41-89-63-34-50-25-26-55-32-48-14-8-10-16-51(48)38-76(55)69(84)58(50)30-44(63)3/h8-11,13-19,21-24,27-28,30,34,36-37,43,45,55,57,61,71,86H,6-7,12,20,25-26,29,31-33,35,38-42H2,1-5H3,(H,73,83)/t45-,55+,57-,61-,71?/m0/s1. The van der Waals surface area contributed by atoms with Crippen LogP contribution < -0.4 is 24.4 Å². The van der Waals surface area contributed by atoms with Crippen LogP contribution in [-0.2, 0) is 87.3 Å². The molecule has 6 amide bonds. The summed E-state index contributed by atoms with van der Waals surface area (Å²) in [6.45, 7) is 8.19. The van der Waals surface area contributed by atoms with Crippen molar-refractivity contribution >= 4 is 52.9 Å². The average Bonchev–Trinajstić information content (AvgIpc) is 1.68. The van der Waals surface area contributed by atoms with Gasteiger partial charge in [0.05, 0.1) is 41.8 Å². The number of imide groups is 1. The first-order chi connectivity index (χ1) is 43.9. The second kappa shape index (κ2) is 27.7. The number of Topliss-reactive ketones (excluding diaryl/α,β-unsaturated/α-hetero) is 2. The zero-order chi connectivity index (χ0) is 64.0. The molecule has 19 nitrogen and oxygen atoms in total. The Morgan fingerprint density at radius 3 is 1.99 bits per heavy atom. The van der Waals surface area contributed by atoms with E-state index in [1.54, 1.807) is 42.2 Å². The minimum absolute atomic E-state index is 0.0102. The van der Waals surface area contributed by atoms with Gasteiger partial charge in [0.1, 0.15) is 31.4 Å². The van der Waals surface area contributed by atoms with E-state index < -0.39 is 36.2 Å². The van der Waals surface area contributed by atoms with Gasteiger partial charge in [-0.05, 0) is 133 Å². The van der Waals surface area contributed by atoms with Crippen LogP contribution in [0.5, 0.6) is 17.2 Å². The first kappa shape index (κ1) is 63.1. The number of ether oxygens (including phenoxy) is 4. The maximum Gasteiger partial charge on any atom is 0.416 e. The number of aromatic nitrogens is 1. The largest absolute Gasteiger partial charge is 0.493 e. The summed E-state index contributed by atoms with van der Waals surface area (Å²) in [4.78, 5) is 118. The van der Waals surface area contributed by atoms with Gasteiger partial charge >= 0.3 is 6.09 Å². The fourth-order valence-electron chi connectivity index (χ4n) is 12.9. The Hall–Kier alpha value is -9.49. The van der Waals surface area contributed by atoms with Crippen molar-refractivity contribution in [3.63, 3.8) is 0 Å². The first-order valence-corrected chi connectivity index (χ1v) is 31.3. The van der Waals surface area contributed by atoms with Crippen molar-refractivity contribution in [1.29, 1.82) is 0 Å². The number of carbonyl (C=O) groups is 8. The minimum atomic E-state index is -1.57. The van der Waals surface area contributed by atoms with Crippen molar-refractivity contribution in [1.82, 2.24) is 25.0 Å². The van der Waals surface area contributed by atoms with E-state index in [2.05, 4.69) is 23.5 Å². The number of nitrogens with zero attached hydrogens (tertiary/aromatic N) is 5. The lowest BCUT2D eigenvalue weighted by Gasteiger charge is -2.39. The number of unbranched alkanes of at least 4 members (excludes halogenated alkanes) is 2.